The van der Waals surface area contributed by atoms with E-state index in [9.17, 15) is 0 Å². The molecule has 1 aliphatic carbocycles. The van der Waals surface area contributed by atoms with E-state index < -0.39 is 0 Å². The number of hydrogen-bond acceptors (Lipinski definition) is 3. The lowest BCUT2D eigenvalue weighted by Gasteiger charge is -2.18. The van der Waals surface area contributed by atoms with Crippen molar-refractivity contribution in [2.24, 2.45) is 17.6 Å². The molecule has 2 rings (SSSR count). The summed E-state index contributed by atoms with van der Waals surface area (Å²) in [5.74, 6) is 2.66. The van der Waals surface area contributed by atoms with Gasteiger partial charge in [0.05, 0.1) is 6.61 Å². The molecule has 0 aliphatic heterocycles. The highest BCUT2D eigenvalue weighted by Crippen LogP contribution is 2.37. The van der Waals surface area contributed by atoms with E-state index in [0.29, 0.717) is 6.54 Å². The normalized spacial score (nSPS) is 23.1. The van der Waals surface area contributed by atoms with Crippen molar-refractivity contribution in [2.75, 3.05) is 19.7 Å². The molecule has 0 heterocycles. The van der Waals surface area contributed by atoms with Crippen molar-refractivity contribution in [1.82, 2.24) is 5.32 Å². The average molecular weight is 262 g/mol. The molecule has 3 N–H and O–H groups in total. The summed E-state index contributed by atoms with van der Waals surface area (Å²) >= 11 is 0. The van der Waals surface area contributed by atoms with Gasteiger partial charge in [0.15, 0.2) is 0 Å². The van der Waals surface area contributed by atoms with Gasteiger partial charge >= 0.3 is 0 Å². The summed E-state index contributed by atoms with van der Waals surface area (Å²) in [6, 6.07) is 8.52. The molecule has 19 heavy (non-hydrogen) atoms. The number of ether oxygens (including phenoxy) is 1. The topological polar surface area (TPSA) is 47.3 Å². The first-order valence-corrected chi connectivity index (χ1v) is 7.40. The van der Waals surface area contributed by atoms with Crippen molar-refractivity contribution in [3.8, 4) is 5.75 Å². The molecular weight excluding hydrogens is 236 g/mol. The number of nitrogens with two attached hydrogens (primary N) is 1. The van der Waals surface area contributed by atoms with Crippen LogP contribution in [0.25, 0.3) is 0 Å². The van der Waals surface area contributed by atoms with Crippen LogP contribution >= 0.6 is 0 Å². The summed E-state index contributed by atoms with van der Waals surface area (Å²) in [4.78, 5) is 0. The SMILES string of the molecule is CCCOc1cccc(C(CN)NCC2CC2C)c1. The molecule has 1 fully saturated rings. The highest BCUT2D eigenvalue weighted by molar-refractivity contribution is 5.30. The Bertz CT molecular complexity index is 394. The maximum absolute atomic E-state index is 5.89. The van der Waals surface area contributed by atoms with Crippen LogP contribution in [-0.2, 0) is 0 Å². The van der Waals surface area contributed by atoms with Gasteiger partial charge < -0.3 is 15.8 Å². The van der Waals surface area contributed by atoms with Crippen LogP contribution in [0.3, 0.4) is 0 Å². The van der Waals surface area contributed by atoms with Crippen molar-refractivity contribution in [2.45, 2.75) is 32.7 Å². The summed E-state index contributed by atoms with van der Waals surface area (Å²) in [7, 11) is 0. The molecule has 1 aromatic rings. The largest absolute Gasteiger partial charge is 0.494 e. The predicted octanol–water partition coefficient (Wildman–Crippen LogP) is 2.72. The minimum Gasteiger partial charge on any atom is -0.494 e. The fourth-order valence-electron chi connectivity index (χ4n) is 2.36. The van der Waals surface area contributed by atoms with E-state index >= 15 is 0 Å². The lowest BCUT2D eigenvalue weighted by atomic mass is 10.1. The molecule has 3 nitrogen and oxygen atoms in total. The Morgan fingerprint density at radius 2 is 2.26 bits per heavy atom. The zero-order valence-electron chi connectivity index (χ0n) is 12.1. The van der Waals surface area contributed by atoms with E-state index in [1.807, 2.05) is 12.1 Å². The van der Waals surface area contributed by atoms with E-state index in [-0.39, 0.29) is 6.04 Å². The van der Waals surface area contributed by atoms with Crippen LogP contribution < -0.4 is 15.8 Å². The van der Waals surface area contributed by atoms with Gasteiger partial charge in [-0.25, -0.2) is 0 Å². The molecule has 1 aliphatic rings. The fraction of sp³-hybridized carbons (Fsp3) is 0.625. The van der Waals surface area contributed by atoms with Crippen molar-refractivity contribution in [1.29, 1.82) is 0 Å². The molecule has 0 spiro atoms. The molecule has 0 aromatic heterocycles. The zero-order chi connectivity index (χ0) is 13.7. The Labute approximate surface area is 116 Å². The first kappa shape index (κ1) is 14.4. The van der Waals surface area contributed by atoms with E-state index in [4.69, 9.17) is 10.5 Å². The maximum Gasteiger partial charge on any atom is 0.119 e. The summed E-state index contributed by atoms with van der Waals surface area (Å²) in [6.45, 7) is 6.89. The van der Waals surface area contributed by atoms with Crippen LogP contribution in [-0.4, -0.2) is 19.7 Å². The van der Waals surface area contributed by atoms with Crippen LogP contribution in [0.4, 0.5) is 0 Å². The Morgan fingerprint density at radius 1 is 1.47 bits per heavy atom. The monoisotopic (exact) mass is 262 g/mol. The first-order valence-electron chi connectivity index (χ1n) is 7.40. The number of nitrogens with one attached hydrogen (secondary N) is 1. The summed E-state index contributed by atoms with van der Waals surface area (Å²) < 4.78 is 5.68. The summed E-state index contributed by atoms with van der Waals surface area (Å²) in [6.07, 6.45) is 2.38. The minimum absolute atomic E-state index is 0.234. The molecular formula is C16H26N2O. The zero-order valence-corrected chi connectivity index (χ0v) is 12.1. The van der Waals surface area contributed by atoms with Gasteiger partial charge in [-0.15, -0.1) is 0 Å². The van der Waals surface area contributed by atoms with E-state index in [1.54, 1.807) is 0 Å². The lowest BCUT2D eigenvalue weighted by Crippen LogP contribution is -2.30. The molecule has 0 amide bonds. The molecule has 1 saturated carbocycles. The highest BCUT2D eigenvalue weighted by Gasteiger charge is 2.32. The first-order chi connectivity index (χ1) is 9.24. The van der Waals surface area contributed by atoms with Crippen LogP contribution in [0, 0.1) is 11.8 Å². The van der Waals surface area contributed by atoms with Crippen molar-refractivity contribution in [3.05, 3.63) is 29.8 Å². The van der Waals surface area contributed by atoms with Crippen molar-refractivity contribution in [3.63, 3.8) is 0 Å². The molecule has 3 unspecified atom stereocenters. The Kier molecular flexibility index (Phi) is 5.23. The molecule has 0 bridgehead atoms. The van der Waals surface area contributed by atoms with Gasteiger partial charge in [-0.05, 0) is 48.9 Å². The predicted molar refractivity (Wildman–Crippen MR) is 79.3 cm³/mol. The van der Waals surface area contributed by atoms with E-state index in [1.165, 1.54) is 12.0 Å². The Balaban J connectivity index is 1.92. The van der Waals surface area contributed by atoms with Gasteiger partial charge in [0.25, 0.3) is 0 Å². The molecule has 0 radical (unpaired) electrons. The number of rotatable bonds is 8. The molecule has 3 heteroatoms. The van der Waals surface area contributed by atoms with Crippen LogP contribution in [0.15, 0.2) is 24.3 Å². The van der Waals surface area contributed by atoms with E-state index in [0.717, 1.165) is 37.2 Å². The third kappa shape index (κ3) is 4.22. The summed E-state index contributed by atoms with van der Waals surface area (Å²) in [5.41, 5.74) is 7.12. The fourth-order valence-corrected chi connectivity index (χ4v) is 2.36. The molecule has 106 valence electrons. The minimum atomic E-state index is 0.234. The highest BCUT2D eigenvalue weighted by atomic mass is 16.5. The molecule has 1 aromatic carbocycles. The van der Waals surface area contributed by atoms with Gasteiger partial charge in [0, 0.05) is 12.6 Å². The van der Waals surface area contributed by atoms with Crippen LogP contribution in [0.1, 0.15) is 38.3 Å². The average Bonchev–Trinajstić information content (AvgIpc) is 3.13. The van der Waals surface area contributed by atoms with Crippen molar-refractivity contribution < 1.29 is 4.74 Å². The second kappa shape index (κ2) is 6.92. The number of benzene rings is 1. The third-order valence-electron chi connectivity index (χ3n) is 3.87. The maximum atomic E-state index is 5.89. The summed E-state index contributed by atoms with van der Waals surface area (Å²) in [5, 5.41) is 3.58. The standard InChI is InChI=1S/C16H26N2O/c1-3-7-19-15-6-4-5-13(9-15)16(10-17)18-11-14-8-12(14)2/h4-6,9,12,14,16,18H,3,7-8,10-11,17H2,1-2H3. The quantitative estimate of drug-likeness (QED) is 0.757. The van der Waals surface area contributed by atoms with Gasteiger partial charge in [-0.3, -0.25) is 0 Å². The Morgan fingerprint density at radius 3 is 2.89 bits per heavy atom. The van der Waals surface area contributed by atoms with E-state index in [2.05, 4.69) is 31.3 Å². The van der Waals surface area contributed by atoms with Gasteiger partial charge in [0.2, 0.25) is 0 Å². The smallest absolute Gasteiger partial charge is 0.119 e. The lowest BCUT2D eigenvalue weighted by molar-refractivity contribution is 0.316. The van der Waals surface area contributed by atoms with Gasteiger partial charge in [0.1, 0.15) is 5.75 Å². The third-order valence-corrected chi connectivity index (χ3v) is 3.87. The van der Waals surface area contributed by atoms with Gasteiger partial charge in [-0.1, -0.05) is 26.0 Å². The second-order valence-electron chi connectivity index (χ2n) is 5.59. The second-order valence-corrected chi connectivity index (χ2v) is 5.59. The number of hydrogen-bond donors (Lipinski definition) is 2. The molecule has 3 atom stereocenters. The van der Waals surface area contributed by atoms with Crippen LogP contribution in [0.5, 0.6) is 5.75 Å². The molecule has 0 saturated heterocycles. The van der Waals surface area contributed by atoms with Crippen LogP contribution in [0.2, 0.25) is 0 Å². The Hall–Kier alpha value is -1.06. The van der Waals surface area contributed by atoms with Crippen molar-refractivity contribution >= 4 is 0 Å². The van der Waals surface area contributed by atoms with Gasteiger partial charge in [-0.2, -0.15) is 0 Å².